The van der Waals surface area contributed by atoms with Crippen molar-refractivity contribution in [1.29, 1.82) is 0 Å². The van der Waals surface area contributed by atoms with E-state index in [0.29, 0.717) is 23.1 Å². The molecule has 8 nitrogen and oxygen atoms in total. The number of carbonyl (C=O) groups excluding carboxylic acids is 1. The highest BCUT2D eigenvalue weighted by molar-refractivity contribution is 7.99. The first-order valence-corrected chi connectivity index (χ1v) is 11.3. The highest BCUT2D eigenvalue weighted by Gasteiger charge is 2.15. The van der Waals surface area contributed by atoms with E-state index >= 15 is 0 Å². The van der Waals surface area contributed by atoms with Gasteiger partial charge in [-0.2, -0.15) is 0 Å². The molecule has 1 heterocycles. The van der Waals surface area contributed by atoms with Crippen LogP contribution in [0.3, 0.4) is 0 Å². The molecule has 0 atom stereocenters. The zero-order valence-corrected chi connectivity index (χ0v) is 18.5. The Labute approximate surface area is 188 Å². The molecular formula is C21H21N5O3S2. The number of anilines is 1. The number of carbonyl (C=O) groups is 1. The third-order valence-corrected chi connectivity index (χ3v) is 6.14. The topological polar surface area (TPSA) is 103 Å². The molecule has 160 valence electrons. The Bertz CT molecular complexity index is 1080. The van der Waals surface area contributed by atoms with Crippen molar-refractivity contribution in [3.05, 3.63) is 82.7 Å². The molecule has 1 N–H and O–H groups in total. The van der Waals surface area contributed by atoms with E-state index in [-0.39, 0.29) is 17.3 Å². The first-order chi connectivity index (χ1) is 15.0. The van der Waals surface area contributed by atoms with Gasteiger partial charge in [0.2, 0.25) is 5.91 Å². The number of hydrogen-bond acceptors (Lipinski definition) is 7. The molecule has 10 heteroatoms. The van der Waals surface area contributed by atoms with Gasteiger partial charge in [-0.05, 0) is 25.1 Å². The molecule has 0 radical (unpaired) electrons. The van der Waals surface area contributed by atoms with Crippen LogP contribution in [-0.4, -0.2) is 31.3 Å². The number of hydrogen-bond donors (Lipinski definition) is 1. The largest absolute Gasteiger partial charge is 0.325 e. The van der Waals surface area contributed by atoms with Crippen LogP contribution in [0.25, 0.3) is 0 Å². The van der Waals surface area contributed by atoms with Crippen molar-refractivity contribution >= 4 is 40.8 Å². The minimum Gasteiger partial charge on any atom is -0.325 e. The van der Waals surface area contributed by atoms with Gasteiger partial charge < -0.3 is 9.88 Å². The van der Waals surface area contributed by atoms with Crippen LogP contribution in [0.15, 0.2) is 71.2 Å². The van der Waals surface area contributed by atoms with Crippen LogP contribution < -0.4 is 5.32 Å². The van der Waals surface area contributed by atoms with Crippen molar-refractivity contribution in [1.82, 2.24) is 14.8 Å². The van der Waals surface area contributed by atoms with E-state index in [1.807, 2.05) is 11.5 Å². The highest BCUT2D eigenvalue weighted by Crippen LogP contribution is 2.25. The van der Waals surface area contributed by atoms with Gasteiger partial charge in [-0.25, -0.2) is 0 Å². The normalized spacial score (nSPS) is 10.6. The molecule has 1 aromatic heterocycles. The molecule has 1 amide bonds. The molecule has 3 rings (SSSR count). The van der Waals surface area contributed by atoms with Crippen LogP contribution in [0, 0.1) is 17.0 Å². The fourth-order valence-corrected chi connectivity index (χ4v) is 4.26. The number of rotatable bonds is 10. The summed E-state index contributed by atoms with van der Waals surface area (Å²) in [5.74, 6) is 1.26. The number of nitrogens with one attached hydrogen (secondary N) is 1. The molecule has 0 aliphatic carbocycles. The Hall–Kier alpha value is -3.11. The minimum absolute atomic E-state index is 0.0769. The molecule has 2 aromatic carbocycles. The maximum absolute atomic E-state index is 12.3. The van der Waals surface area contributed by atoms with E-state index in [0.717, 1.165) is 10.7 Å². The van der Waals surface area contributed by atoms with Crippen LogP contribution in [-0.2, 0) is 17.1 Å². The van der Waals surface area contributed by atoms with Gasteiger partial charge in [0.25, 0.3) is 5.69 Å². The SMILES string of the molecule is C=CCn1c(CSc2ccc(C)cc2)nnc1SCC(=O)Nc1cccc([N+](=O)[O-])c1. The number of benzene rings is 2. The fourth-order valence-electron chi connectivity index (χ4n) is 2.65. The zero-order chi connectivity index (χ0) is 22.2. The van der Waals surface area contributed by atoms with E-state index in [1.54, 1.807) is 23.9 Å². The molecule has 0 fully saturated rings. The summed E-state index contributed by atoms with van der Waals surface area (Å²) in [5, 5.41) is 22.7. The lowest BCUT2D eigenvalue weighted by Gasteiger charge is -2.08. The molecule has 0 saturated heterocycles. The predicted octanol–water partition coefficient (Wildman–Crippen LogP) is 4.70. The van der Waals surface area contributed by atoms with Crippen LogP contribution in [0.2, 0.25) is 0 Å². The van der Waals surface area contributed by atoms with Crippen molar-refractivity contribution in [2.45, 2.75) is 29.3 Å². The second-order valence-corrected chi connectivity index (χ2v) is 8.54. The van der Waals surface area contributed by atoms with Crippen LogP contribution in [0.1, 0.15) is 11.4 Å². The number of allylic oxidation sites excluding steroid dienone is 1. The number of non-ortho nitro benzene ring substituents is 1. The van der Waals surface area contributed by atoms with E-state index in [2.05, 4.69) is 46.4 Å². The van der Waals surface area contributed by atoms with Crippen molar-refractivity contribution in [3.63, 3.8) is 0 Å². The first-order valence-electron chi connectivity index (χ1n) is 9.36. The summed E-state index contributed by atoms with van der Waals surface area (Å²) in [6.45, 7) is 6.38. The minimum atomic E-state index is -0.502. The second-order valence-electron chi connectivity index (χ2n) is 6.54. The van der Waals surface area contributed by atoms with Crippen molar-refractivity contribution in [2.75, 3.05) is 11.1 Å². The lowest BCUT2D eigenvalue weighted by atomic mass is 10.2. The Balaban J connectivity index is 1.61. The molecular weight excluding hydrogens is 434 g/mol. The van der Waals surface area contributed by atoms with Crippen LogP contribution in [0.5, 0.6) is 0 Å². The smallest absolute Gasteiger partial charge is 0.271 e. The second kappa shape index (κ2) is 10.8. The van der Waals surface area contributed by atoms with Gasteiger partial charge in [0, 0.05) is 29.3 Å². The molecule has 0 saturated carbocycles. The predicted molar refractivity (Wildman–Crippen MR) is 123 cm³/mol. The maximum Gasteiger partial charge on any atom is 0.271 e. The molecule has 0 unspecified atom stereocenters. The van der Waals surface area contributed by atoms with Gasteiger partial charge in [-0.1, -0.05) is 41.6 Å². The van der Waals surface area contributed by atoms with E-state index in [1.165, 1.54) is 35.5 Å². The van der Waals surface area contributed by atoms with Gasteiger partial charge in [0.05, 0.1) is 16.4 Å². The summed E-state index contributed by atoms with van der Waals surface area (Å²) < 4.78 is 1.93. The van der Waals surface area contributed by atoms with Crippen LogP contribution >= 0.6 is 23.5 Å². The van der Waals surface area contributed by atoms with E-state index in [4.69, 9.17) is 0 Å². The summed E-state index contributed by atoms with van der Waals surface area (Å²) in [6.07, 6.45) is 1.76. The molecule has 0 aliphatic heterocycles. The van der Waals surface area contributed by atoms with Gasteiger partial charge >= 0.3 is 0 Å². The third kappa shape index (κ3) is 6.43. The lowest BCUT2D eigenvalue weighted by Crippen LogP contribution is -2.15. The monoisotopic (exact) mass is 455 g/mol. The van der Waals surface area contributed by atoms with Crippen molar-refractivity contribution in [2.24, 2.45) is 0 Å². The molecule has 31 heavy (non-hydrogen) atoms. The number of thioether (sulfide) groups is 2. The Morgan fingerprint density at radius 2 is 2.00 bits per heavy atom. The molecule has 0 spiro atoms. The fraction of sp³-hybridized carbons (Fsp3) is 0.190. The molecule has 3 aromatic rings. The molecule has 0 aliphatic rings. The molecule has 0 bridgehead atoms. The van der Waals surface area contributed by atoms with Gasteiger partial charge in [0.15, 0.2) is 5.16 Å². The average Bonchev–Trinajstić information content (AvgIpc) is 3.14. The van der Waals surface area contributed by atoms with Gasteiger partial charge in [-0.3, -0.25) is 14.9 Å². The van der Waals surface area contributed by atoms with Crippen molar-refractivity contribution in [3.8, 4) is 0 Å². The summed E-state index contributed by atoms with van der Waals surface area (Å²) >= 11 is 2.92. The number of nitrogens with zero attached hydrogens (tertiary/aromatic N) is 4. The zero-order valence-electron chi connectivity index (χ0n) is 16.9. The number of nitro groups is 1. The van der Waals surface area contributed by atoms with Gasteiger partial charge in [0.1, 0.15) is 5.82 Å². The number of amides is 1. The van der Waals surface area contributed by atoms with Gasteiger partial charge in [-0.15, -0.1) is 28.5 Å². The Morgan fingerprint density at radius 1 is 1.23 bits per heavy atom. The number of nitro benzene ring substituents is 1. The summed E-state index contributed by atoms with van der Waals surface area (Å²) in [5.41, 5.74) is 1.51. The Morgan fingerprint density at radius 3 is 2.71 bits per heavy atom. The summed E-state index contributed by atoms with van der Waals surface area (Å²) in [6, 6.07) is 14.1. The maximum atomic E-state index is 12.3. The number of aryl methyl sites for hydroxylation is 1. The quantitative estimate of drug-likeness (QED) is 0.204. The third-order valence-electron chi connectivity index (χ3n) is 4.17. The van der Waals surface area contributed by atoms with E-state index < -0.39 is 4.92 Å². The first kappa shape index (κ1) is 22.6. The van der Waals surface area contributed by atoms with E-state index in [9.17, 15) is 14.9 Å². The lowest BCUT2D eigenvalue weighted by molar-refractivity contribution is -0.384. The average molecular weight is 456 g/mol. The standard InChI is InChI=1S/C21H21N5O3S2/c1-3-11-25-19(13-30-18-9-7-15(2)8-10-18)23-24-21(25)31-14-20(27)22-16-5-4-6-17(12-16)26(28)29/h3-10,12H,1,11,13-14H2,2H3,(H,22,27). The highest BCUT2D eigenvalue weighted by atomic mass is 32.2. The van der Waals surface area contributed by atoms with Crippen molar-refractivity contribution < 1.29 is 9.72 Å². The summed E-state index contributed by atoms with van der Waals surface area (Å²) in [7, 11) is 0. The van der Waals surface area contributed by atoms with Crippen LogP contribution in [0.4, 0.5) is 11.4 Å². The summed E-state index contributed by atoms with van der Waals surface area (Å²) in [4.78, 5) is 23.8. The Kier molecular flexibility index (Phi) is 7.85. The number of aromatic nitrogens is 3.